The predicted molar refractivity (Wildman–Crippen MR) is 73.7 cm³/mol. The molecule has 0 amide bonds. The molecule has 1 aliphatic carbocycles. The Labute approximate surface area is 112 Å². The van der Waals surface area contributed by atoms with Crippen LogP contribution in [-0.4, -0.2) is 0 Å². The van der Waals surface area contributed by atoms with Crippen molar-refractivity contribution >= 4 is 15.9 Å². The van der Waals surface area contributed by atoms with Crippen LogP contribution in [-0.2, 0) is 5.41 Å². The Morgan fingerprint density at radius 1 is 1.18 bits per heavy atom. The zero-order valence-electron chi connectivity index (χ0n) is 10.5. The Bertz CT molecular complexity index is 429. The molecule has 0 saturated heterocycles. The van der Waals surface area contributed by atoms with Crippen molar-refractivity contribution in [3.63, 3.8) is 0 Å². The number of hydrogen-bond donors (Lipinski definition) is 0. The molecule has 0 atom stereocenters. The Kier molecular flexibility index (Phi) is 3.32. The molecule has 17 heavy (non-hydrogen) atoms. The standard InChI is InChI=1S/C15H18BrN/c1-3-14(4-2)9-15(10-14,11-17)12-5-7-13(16)8-6-12/h5-8H,3-4,9-10H2,1-2H3. The van der Waals surface area contributed by atoms with Gasteiger partial charge < -0.3 is 0 Å². The summed E-state index contributed by atoms with van der Waals surface area (Å²) in [5.74, 6) is 0. The molecule has 2 rings (SSSR count). The minimum atomic E-state index is -0.229. The molecule has 2 heteroatoms. The van der Waals surface area contributed by atoms with Crippen molar-refractivity contribution in [2.24, 2.45) is 5.41 Å². The van der Waals surface area contributed by atoms with E-state index >= 15 is 0 Å². The summed E-state index contributed by atoms with van der Waals surface area (Å²) < 4.78 is 1.07. The lowest BCUT2D eigenvalue weighted by atomic mass is 9.49. The van der Waals surface area contributed by atoms with Gasteiger partial charge in [-0.25, -0.2) is 0 Å². The first-order valence-electron chi connectivity index (χ1n) is 6.27. The quantitative estimate of drug-likeness (QED) is 0.784. The Morgan fingerprint density at radius 3 is 2.12 bits per heavy atom. The molecule has 1 aliphatic rings. The van der Waals surface area contributed by atoms with E-state index in [1.807, 2.05) is 12.1 Å². The summed E-state index contributed by atoms with van der Waals surface area (Å²) >= 11 is 3.44. The first-order valence-corrected chi connectivity index (χ1v) is 7.06. The number of hydrogen-bond acceptors (Lipinski definition) is 1. The van der Waals surface area contributed by atoms with E-state index in [0.29, 0.717) is 5.41 Å². The molecule has 1 nitrogen and oxygen atoms in total. The monoisotopic (exact) mass is 291 g/mol. The van der Waals surface area contributed by atoms with E-state index in [0.717, 1.165) is 17.3 Å². The minimum Gasteiger partial charge on any atom is -0.197 e. The fraction of sp³-hybridized carbons (Fsp3) is 0.533. The second-order valence-corrected chi connectivity index (χ2v) is 6.18. The van der Waals surface area contributed by atoms with Gasteiger partial charge in [-0.3, -0.25) is 0 Å². The van der Waals surface area contributed by atoms with Crippen molar-refractivity contribution in [2.75, 3.05) is 0 Å². The highest BCUT2D eigenvalue weighted by Gasteiger charge is 2.53. The second-order valence-electron chi connectivity index (χ2n) is 5.26. The lowest BCUT2D eigenvalue weighted by Crippen LogP contribution is -2.48. The van der Waals surface area contributed by atoms with E-state index in [9.17, 15) is 5.26 Å². The molecular weight excluding hydrogens is 274 g/mol. The molecule has 0 radical (unpaired) electrons. The SMILES string of the molecule is CCC1(CC)CC(C#N)(c2ccc(Br)cc2)C1. The zero-order chi connectivity index (χ0) is 12.5. The fourth-order valence-electron chi connectivity index (χ4n) is 3.10. The average molecular weight is 292 g/mol. The molecule has 0 aromatic heterocycles. The van der Waals surface area contributed by atoms with Gasteiger partial charge in [-0.2, -0.15) is 5.26 Å². The van der Waals surface area contributed by atoms with E-state index < -0.39 is 0 Å². The Morgan fingerprint density at radius 2 is 1.71 bits per heavy atom. The van der Waals surface area contributed by atoms with Gasteiger partial charge in [0, 0.05) is 4.47 Å². The maximum Gasteiger partial charge on any atom is 0.0833 e. The van der Waals surface area contributed by atoms with Crippen molar-refractivity contribution in [3.8, 4) is 6.07 Å². The van der Waals surface area contributed by atoms with Gasteiger partial charge in [-0.15, -0.1) is 0 Å². The summed E-state index contributed by atoms with van der Waals surface area (Å²) in [5.41, 5.74) is 1.36. The van der Waals surface area contributed by atoms with Gasteiger partial charge >= 0.3 is 0 Å². The van der Waals surface area contributed by atoms with Crippen LogP contribution in [0.15, 0.2) is 28.7 Å². The van der Waals surface area contributed by atoms with Crippen LogP contribution in [0.25, 0.3) is 0 Å². The van der Waals surface area contributed by atoms with Crippen molar-refractivity contribution < 1.29 is 0 Å². The molecule has 0 heterocycles. The van der Waals surface area contributed by atoms with Crippen LogP contribution in [0.5, 0.6) is 0 Å². The Hall–Kier alpha value is -0.810. The van der Waals surface area contributed by atoms with E-state index in [1.165, 1.54) is 18.4 Å². The molecule has 1 aromatic rings. The van der Waals surface area contributed by atoms with Gasteiger partial charge in [0.1, 0.15) is 0 Å². The maximum absolute atomic E-state index is 9.52. The minimum absolute atomic E-state index is 0.229. The lowest BCUT2D eigenvalue weighted by Gasteiger charge is -2.53. The topological polar surface area (TPSA) is 23.8 Å². The van der Waals surface area contributed by atoms with E-state index in [4.69, 9.17) is 0 Å². The number of nitriles is 1. The van der Waals surface area contributed by atoms with Crippen LogP contribution in [0.4, 0.5) is 0 Å². The number of benzene rings is 1. The van der Waals surface area contributed by atoms with Gasteiger partial charge in [-0.1, -0.05) is 54.8 Å². The van der Waals surface area contributed by atoms with E-state index in [-0.39, 0.29) is 5.41 Å². The second kappa shape index (κ2) is 4.46. The smallest absolute Gasteiger partial charge is 0.0833 e. The zero-order valence-corrected chi connectivity index (χ0v) is 12.0. The van der Waals surface area contributed by atoms with Gasteiger partial charge in [0.25, 0.3) is 0 Å². The molecule has 0 aliphatic heterocycles. The van der Waals surface area contributed by atoms with Gasteiger partial charge in [0.15, 0.2) is 0 Å². The lowest BCUT2D eigenvalue weighted by molar-refractivity contribution is 0.0480. The largest absolute Gasteiger partial charge is 0.197 e. The van der Waals surface area contributed by atoms with Crippen LogP contribution < -0.4 is 0 Å². The Balaban J connectivity index is 2.26. The molecule has 1 fully saturated rings. The number of halogens is 1. The van der Waals surface area contributed by atoms with Gasteiger partial charge in [0.05, 0.1) is 11.5 Å². The normalized spacial score (nSPS) is 20.4. The van der Waals surface area contributed by atoms with Crippen LogP contribution in [0.2, 0.25) is 0 Å². The third-order valence-electron chi connectivity index (χ3n) is 4.46. The molecule has 90 valence electrons. The predicted octanol–water partition coefficient (Wildman–Crippen LogP) is 4.81. The molecule has 1 saturated carbocycles. The van der Waals surface area contributed by atoms with Crippen molar-refractivity contribution in [3.05, 3.63) is 34.3 Å². The van der Waals surface area contributed by atoms with Crippen molar-refractivity contribution in [1.29, 1.82) is 5.26 Å². The molecule has 0 bridgehead atoms. The highest BCUT2D eigenvalue weighted by Crippen LogP contribution is 2.58. The summed E-state index contributed by atoms with van der Waals surface area (Å²) in [6.45, 7) is 4.48. The van der Waals surface area contributed by atoms with Crippen LogP contribution >= 0.6 is 15.9 Å². The first-order chi connectivity index (χ1) is 8.10. The van der Waals surface area contributed by atoms with Gasteiger partial charge in [-0.05, 0) is 36.0 Å². The molecule has 1 aromatic carbocycles. The summed E-state index contributed by atoms with van der Waals surface area (Å²) in [7, 11) is 0. The molecule has 0 unspecified atom stereocenters. The summed E-state index contributed by atoms with van der Waals surface area (Å²) in [6, 6.07) is 10.8. The fourth-order valence-corrected chi connectivity index (χ4v) is 3.36. The number of nitrogens with zero attached hydrogens (tertiary/aromatic N) is 1. The maximum atomic E-state index is 9.52. The van der Waals surface area contributed by atoms with E-state index in [2.05, 4.69) is 48.0 Å². The summed E-state index contributed by atoms with van der Waals surface area (Å²) in [6.07, 6.45) is 4.41. The van der Waals surface area contributed by atoms with E-state index in [1.54, 1.807) is 0 Å². The third kappa shape index (κ3) is 2.02. The van der Waals surface area contributed by atoms with Crippen LogP contribution in [0.3, 0.4) is 0 Å². The average Bonchev–Trinajstić information content (AvgIpc) is 2.32. The van der Waals surface area contributed by atoms with Crippen molar-refractivity contribution in [2.45, 2.75) is 44.9 Å². The van der Waals surface area contributed by atoms with Crippen LogP contribution in [0.1, 0.15) is 45.1 Å². The number of rotatable bonds is 3. The van der Waals surface area contributed by atoms with Crippen molar-refractivity contribution in [1.82, 2.24) is 0 Å². The summed E-state index contributed by atoms with van der Waals surface area (Å²) in [4.78, 5) is 0. The molecular formula is C15H18BrN. The third-order valence-corrected chi connectivity index (χ3v) is 4.99. The molecule has 0 N–H and O–H groups in total. The molecule has 0 spiro atoms. The highest BCUT2D eigenvalue weighted by molar-refractivity contribution is 9.10. The van der Waals surface area contributed by atoms with Gasteiger partial charge in [0.2, 0.25) is 0 Å². The summed E-state index contributed by atoms with van der Waals surface area (Å²) in [5, 5.41) is 9.52. The first kappa shape index (κ1) is 12.6. The highest BCUT2D eigenvalue weighted by atomic mass is 79.9. The van der Waals surface area contributed by atoms with Crippen LogP contribution in [0, 0.1) is 16.7 Å².